The van der Waals surface area contributed by atoms with Crippen molar-refractivity contribution in [2.24, 2.45) is 5.92 Å². The summed E-state index contributed by atoms with van der Waals surface area (Å²) in [5.74, 6) is 0.948. The van der Waals surface area contributed by atoms with Gasteiger partial charge in [-0.25, -0.2) is 0 Å². The van der Waals surface area contributed by atoms with Crippen LogP contribution in [-0.4, -0.2) is 36.6 Å². The van der Waals surface area contributed by atoms with Crippen LogP contribution >= 0.6 is 0 Å². The van der Waals surface area contributed by atoms with Gasteiger partial charge in [0.15, 0.2) is 0 Å². The molecule has 2 aliphatic rings. The van der Waals surface area contributed by atoms with E-state index in [1.54, 1.807) is 0 Å². The van der Waals surface area contributed by atoms with Crippen LogP contribution in [0.15, 0.2) is 0 Å². The molecule has 2 heterocycles. The SMILES string of the molecule is CC1(C)CCCCN1CC1CCNCC1. The summed E-state index contributed by atoms with van der Waals surface area (Å²) in [5, 5.41) is 3.45. The first kappa shape index (κ1) is 11.4. The lowest BCUT2D eigenvalue weighted by atomic mass is 9.88. The lowest BCUT2D eigenvalue weighted by Crippen LogP contribution is -2.50. The summed E-state index contributed by atoms with van der Waals surface area (Å²) in [7, 11) is 0. The van der Waals surface area contributed by atoms with Gasteiger partial charge in [0.05, 0.1) is 0 Å². The lowest BCUT2D eigenvalue weighted by Gasteiger charge is -2.44. The maximum Gasteiger partial charge on any atom is 0.0153 e. The van der Waals surface area contributed by atoms with Crippen LogP contribution in [0.3, 0.4) is 0 Å². The largest absolute Gasteiger partial charge is 0.317 e. The van der Waals surface area contributed by atoms with Gasteiger partial charge in [-0.1, -0.05) is 6.42 Å². The Morgan fingerprint density at radius 1 is 1.20 bits per heavy atom. The zero-order chi connectivity index (χ0) is 10.7. The highest BCUT2D eigenvalue weighted by molar-refractivity contribution is 4.87. The van der Waals surface area contributed by atoms with Gasteiger partial charge in [0, 0.05) is 12.1 Å². The molecule has 0 spiro atoms. The van der Waals surface area contributed by atoms with E-state index in [0.717, 1.165) is 5.92 Å². The molecule has 0 aromatic heterocycles. The summed E-state index contributed by atoms with van der Waals surface area (Å²) in [5.41, 5.74) is 0.461. The molecule has 0 atom stereocenters. The van der Waals surface area contributed by atoms with Gasteiger partial charge in [0.2, 0.25) is 0 Å². The molecule has 2 heteroatoms. The molecule has 0 unspecified atom stereocenters. The van der Waals surface area contributed by atoms with Crippen molar-refractivity contribution in [1.29, 1.82) is 0 Å². The van der Waals surface area contributed by atoms with Gasteiger partial charge in [-0.05, 0) is 65.1 Å². The Labute approximate surface area is 94.4 Å². The normalized spacial score (nSPS) is 29.2. The zero-order valence-corrected chi connectivity index (χ0v) is 10.4. The number of hydrogen-bond acceptors (Lipinski definition) is 2. The third-order valence-electron chi connectivity index (χ3n) is 4.26. The minimum absolute atomic E-state index is 0.461. The van der Waals surface area contributed by atoms with E-state index in [1.165, 1.54) is 58.3 Å². The summed E-state index contributed by atoms with van der Waals surface area (Å²) in [6.45, 7) is 9.99. The number of rotatable bonds is 2. The third kappa shape index (κ3) is 2.94. The fourth-order valence-corrected chi connectivity index (χ4v) is 3.04. The molecule has 0 aromatic rings. The predicted molar refractivity (Wildman–Crippen MR) is 65.1 cm³/mol. The van der Waals surface area contributed by atoms with Crippen LogP contribution in [0.2, 0.25) is 0 Å². The summed E-state index contributed by atoms with van der Waals surface area (Å²) < 4.78 is 0. The van der Waals surface area contributed by atoms with Crippen molar-refractivity contribution >= 4 is 0 Å². The number of nitrogens with one attached hydrogen (secondary N) is 1. The summed E-state index contributed by atoms with van der Waals surface area (Å²) in [6, 6.07) is 0. The maximum atomic E-state index is 3.45. The number of piperidine rings is 2. The average molecular weight is 210 g/mol. The van der Waals surface area contributed by atoms with Gasteiger partial charge in [-0.15, -0.1) is 0 Å². The zero-order valence-electron chi connectivity index (χ0n) is 10.4. The van der Waals surface area contributed by atoms with Crippen molar-refractivity contribution in [3.63, 3.8) is 0 Å². The van der Waals surface area contributed by atoms with E-state index < -0.39 is 0 Å². The molecule has 2 saturated heterocycles. The molecule has 2 rings (SSSR count). The van der Waals surface area contributed by atoms with E-state index >= 15 is 0 Å². The summed E-state index contributed by atoms with van der Waals surface area (Å²) in [4.78, 5) is 2.74. The third-order valence-corrected chi connectivity index (χ3v) is 4.26. The minimum Gasteiger partial charge on any atom is -0.317 e. The van der Waals surface area contributed by atoms with Gasteiger partial charge >= 0.3 is 0 Å². The second kappa shape index (κ2) is 4.84. The first-order valence-electron chi connectivity index (χ1n) is 6.64. The van der Waals surface area contributed by atoms with E-state index in [2.05, 4.69) is 24.1 Å². The first-order valence-corrected chi connectivity index (χ1v) is 6.64. The summed E-state index contributed by atoms with van der Waals surface area (Å²) >= 11 is 0. The van der Waals surface area contributed by atoms with Crippen molar-refractivity contribution in [3.8, 4) is 0 Å². The lowest BCUT2D eigenvalue weighted by molar-refractivity contribution is 0.0546. The number of likely N-dealkylation sites (tertiary alicyclic amines) is 1. The molecule has 0 aromatic carbocycles. The van der Waals surface area contributed by atoms with Crippen LogP contribution in [0.25, 0.3) is 0 Å². The predicted octanol–water partition coefficient (Wildman–Crippen LogP) is 2.25. The molecule has 0 saturated carbocycles. The summed E-state index contributed by atoms with van der Waals surface area (Å²) in [6.07, 6.45) is 6.99. The van der Waals surface area contributed by atoms with Crippen LogP contribution in [0.4, 0.5) is 0 Å². The van der Waals surface area contributed by atoms with Gasteiger partial charge in [0.25, 0.3) is 0 Å². The fourth-order valence-electron chi connectivity index (χ4n) is 3.04. The Hall–Kier alpha value is -0.0800. The highest BCUT2D eigenvalue weighted by Gasteiger charge is 2.31. The molecule has 0 amide bonds. The van der Waals surface area contributed by atoms with Crippen LogP contribution in [-0.2, 0) is 0 Å². The van der Waals surface area contributed by atoms with E-state index in [0.29, 0.717) is 5.54 Å². The average Bonchev–Trinajstić information content (AvgIpc) is 2.23. The van der Waals surface area contributed by atoms with Crippen molar-refractivity contribution in [3.05, 3.63) is 0 Å². The van der Waals surface area contributed by atoms with Gasteiger partial charge in [-0.3, -0.25) is 4.90 Å². The van der Waals surface area contributed by atoms with Crippen LogP contribution < -0.4 is 5.32 Å². The molecular weight excluding hydrogens is 184 g/mol. The Balaban J connectivity index is 1.85. The Kier molecular flexibility index (Phi) is 3.68. The Morgan fingerprint density at radius 3 is 2.60 bits per heavy atom. The van der Waals surface area contributed by atoms with E-state index in [4.69, 9.17) is 0 Å². The molecule has 2 aliphatic heterocycles. The first-order chi connectivity index (χ1) is 7.18. The van der Waals surface area contributed by atoms with E-state index in [-0.39, 0.29) is 0 Å². The van der Waals surface area contributed by atoms with Crippen LogP contribution in [0.5, 0.6) is 0 Å². The second-order valence-corrected chi connectivity index (χ2v) is 5.91. The van der Waals surface area contributed by atoms with E-state index in [9.17, 15) is 0 Å². The molecule has 1 N–H and O–H groups in total. The topological polar surface area (TPSA) is 15.3 Å². The van der Waals surface area contributed by atoms with E-state index in [1.807, 2.05) is 0 Å². The molecule has 0 bridgehead atoms. The Bertz CT molecular complexity index is 195. The fraction of sp³-hybridized carbons (Fsp3) is 1.00. The highest BCUT2D eigenvalue weighted by atomic mass is 15.2. The van der Waals surface area contributed by atoms with Crippen molar-refractivity contribution in [2.45, 2.75) is 51.5 Å². The standard InChI is InChI=1S/C13H26N2/c1-13(2)7-3-4-10-15(13)11-12-5-8-14-9-6-12/h12,14H,3-11H2,1-2H3. The molecule has 2 nitrogen and oxygen atoms in total. The smallest absolute Gasteiger partial charge is 0.0153 e. The van der Waals surface area contributed by atoms with Gasteiger partial charge in [-0.2, -0.15) is 0 Å². The molecule has 0 aliphatic carbocycles. The Morgan fingerprint density at radius 2 is 1.93 bits per heavy atom. The molecule has 15 heavy (non-hydrogen) atoms. The van der Waals surface area contributed by atoms with Crippen molar-refractivity contribution in [1.82, 2.24) is 10.2 Å². The van der Waals surface area contributed by atoms with Crippen LogP contribution in [0, 0.1) is 5.92 Å². The van der Waals surface area contributed by atoms with Crippen LogP contribution in [0.1, 0.15) is 46.0 Å². The van der Waals surface area contributed by atoms with Crippen molar-refractivity contribution in [2.75, 3.05) is 26.2 Å². The van der Waals surface area contributed by atoms with Gasteiger partial charge in [0.1, 0.15) is 0 Å². The van der Waals surface area contributed by atoms with Crippen molar-refractivity contribution < 1.29 is 0 Å². The maximum absolute atomic E-state index is 3.45. The second-order valence-electron chi connectivity index (χ2n) is 5.91. The highest BCUT2D eigenvalue weighted by Crippen LogP contribution is 2.29. The molecular formula is C13H26N2. The number of hydrogen-bond donors (Lipinski definition) is 1. The minimum atomic E-state index is 0.461. The molecule has 0 radical (unpaired) electrons. The number of nitrogens with zero attached hydrogens (tertiary/aromatic N) is 1. The van der Waals surface area contributed by atoms with Gasteiger partial charge < -0.3 is 5.32 Å². The molecule has 88 valence electrons. The quantitative estimate of drug-likeness (QED) is 0.752. The molecule has 2 fully saturated rings. The monoisotopic (exact) mass is 210 g/mol.